The predicted octanol–water partition coefficient (Wildman–Crippen LogP) is 3.29. The number of halogens is 2. The van der Waals surface area contributed by atoms with E-state index in [-0.39, 0.29) is 12.2 Å². The van der Waals surface area contributed by atoms with E-state index in [1.807, 2.05) is 6.07 Å². The van der Waals surface area contributed by atoms with Gasteiger partial charge in [0, 0.05) is 16.6 Å². The van der Waals surface area contributed by atoms with Gasteiger partial charge in [0.2, 0.25) is 0 Å². The standard InChI is InChI=1S/C11H11Cl2NO2/c12-5-4-10-7-14(11(15)16-10)9-3-1-2-8(13)6-9/h1-3,6,10H,4-5,7H2. The Kier molecular flexibility index (Phi) is 3.56. The Morgan fingerprint density at radius 3 is 3.00 bits per heavy atom. The minimum Gasteiger partial charge on any atom is -0.444 e. The molecular weight excluding hydrogens is 249 g/mol. The molecule has 1 fully saturated rings. The quantitative estimate of drug-likeness (QED) is 0.780. The zero-order chi connectivity index (χ0) is 11.5. The third-order valence-electron chi connectivity index (χ3n) is 2.43. The van der Waals surface area contributed by atoms with Gasteiger partial charge in [-0.2, -0.15) is 0 Å². The molecule has 0 radical (unpaired) electrons. The van der Waals surface area contributed by atoms with Gasteiger partial charge in [-0.25, -0.2) is 4.79 Å². The lowest BCUT2D eigenvalue weighted by molar-refractivity contribution is 0.140. The molecule has 0 saturated carbocycles. The molecule has 0 aliphatic carbocycles. The number of anilines is 1. The van der Waals surface area contributed by atoms with E-state index in [1.54, 1.807) is 23.1 Å². The highest BCUT2D eigenvalue weighted by Gasteiger charge is 2.31. The molecular formula is C11H11Cl2NO2. The van der Waals surface area contributed by atoms with Crippen molar-refractivity contribution in [2.24, 2.45) is 0 Å². The van der Waals surface area contributed by atoms with Gasteiger partial charge in [-0.05, 0) is 24.6 Å². The van der Waals surface area contributed by atoms with Crippen LogP contribution in [0.3, 0.4) is 0 Å². The molecule has 1 heterocycles. The second kappa shape index (κ2) is 4.93. The van der Waals surface area contributed by atoms with E-state index in [0.29, 0.717) is 23.9 Å². The number of carbonyl (C=O) groups is 1. The monoisotopic (exact) mass is 259 g/mol. The van der Waals surface area contributed by atoms with Gasteiger partial charge in [-0.1, -0.05) is 17.7 Å². The van der Waals surface area contributed by atoms with Crippen molar-refractivity contribution in [3.8, 4) is 0 Å². The van der Waals surface area contributed by atoms with E-state index in [2.05, 4.69) is 0 Å². The minimum absolute atomic E-state index is 0.121. The summed E-state index contributed by atoms with van der Waals surface area (Å²) in [4.78, 5) is 13.2. The van der Waals surface area contributed by atoms with E-state index in [9.17, 15) is 4.79 Å². The SMILES string of the molecule is O=C1OC(CCCl)CN1c1cccc(Cl)c1. The molecule has 86 valence electrons. The van der Waals surface area contributed by atoms with Gasteiger partial charge in [0.05, 0.1) is 6.54 Å². The zero-order valence-corrected chi connectivity index (χ0v) is 10.0. The number of hydrogen-bond donors (Lipinski definition) is 0. The van der Waals surface area contributed by atoms with Crippen molar-refractivity contribution in [2.75, 3.05) is 17.3 Å². The third kappa shape index (κ3) is 2.42. The number of alkyl halides is 1. The first-order chi connectivity index (χ1) is 7.70. The van der Waals surface area contributed by atoms with Crippen LogP contribution < -0.4 is 4.90 Å². The van der Waals surface area contributed by atoms with E-state index < -0.39 is 0 Å². The summed E-state index contributed by atoms with van der Waals surface area (Å²) in [6.07, 6.45) is 0.214. The van der Waals surface area contributed by atoms with Crippen molar-refractivity contribution in [1.29, 1.82) is 0 Å². The van der Waals surface area contributed by atoms with E-state index in [1.165, 1.54) is 0 Å². The largest absolute Gasteiger partial charge is 0.444 e. The van der Waals surface area contributed by atoms with Crippen molar-refractivity contribution in [1.82, 2.24) is 0 Å². The molecule has 1 aromatic carbocycles. The van der Waals surface area contributed by atoms with Gasteiger partial charge in [-0.15, -0.1) is 11.6 Å². The van der Waals surface area contributed by atoms with Crippen LogP contribution in [-0.4, -0.2) is 24.6 Å². The summed E-state index contributed by atoms with van der Waals surface area (Å²) in [5.41, 5.74) is 0.759. The van der Waals surface area contributed by atoms with Crippen molar-refractivity contribution in [3.63, 3.8) is 0 Å². The Bertz CT molecular complexity index is 397. The Hall–Kier alpha value is -0.930. The molecule has 2 rings (SSSR count). The first kappa shape index (κ1) is 11.6. The predicted molar refractivity (Wildman–Crippen MR) is 64.4 cm³/mol. The number of rotatable bonds is 3. The van der Waals surface area contributed by atoms with Gasteiger partial charge in [0.15, 0.2) is 0 Å². The smallest absolute Gasteiger partial charge is 0.414 e. The Morgan fingerprint density at radius 1 is 1.50 bits per heavy atom. The number of benzene rings is 1. The normalized spacial score (nSPS) is 20.0. The topological polar surface area (TPSA) is 29.5 Å². The molecule has 1 aliphatic heterocycles. The van der Waals surface area contributed by atoms with Crippen LogP contribution in [0.2, 0.25) is 5.02 Å². The number of amides is 1. The summed E-state index contributed by atoms with van der Waals surface area (Å²) < 4.78 is 5.17. The highest BCUT2D eigenvalue weighted by atomic mass is 35.5. The fourth-order valence-corrected chi connectivity index (χ4v) is 2.08. The minimum atomic E-state index is -0.336. The fourth-order valence-electron chi connectivity index (χ4n) is 1.65. The van der Waals surface area contributed by atoms with Crippen LogP contribution in [0.5, 0.6) is 0 Å². The molecule has 1 saturated heterocycles. The molecule has 0 aromatic heterocycles. The van der Waals surface area contributed by atoms with Gasteiger partial charge < -0.3 is 4.74 Å². The van der Waals surface area contributed by atoms with Gasteiger partial charge >= 0.3 is 6.09 Å². The summed E-state index contributed by atoms with van der Waals surface area (Å²) in [6.45, 7) is 0.534. The molecule has 1 aromatic rings. The summed E-state index contributed by atoms with van der Waals surface area (Å²) >= 11 is 11.5. The Balaban J connectivity index is 2.13. The van der Waals surface area contributed by atoms with Crippen molar-refractivity contribution in [3.05, 3.63) is 29.3 Å². The van der Waals surface area contributed by atoms with Crippen LogP contribution in [0.1, 0.15) is 6.42 Å². The number of cyclic esters (lactones) is 1. The maximum absolute atomic E-state index is 11.6. The molecule has 3 nitrogen and oxygen atoms in total. The highest BCUT2D eigenvalue weighted by Crippen LogP contribution is 2.25. The van der Waals surface area contributed by atoms with E-state index in [4.69, 9.17) is 27.9 Å². The first-order valence-electron chi connectivity index (χ1n) is 5.00. The van der Waals surface area contributed by atoms with Crippen molar-refractivity contribution < 1.29 is 9.53 Å². The fraction of sp³-hybridized carbons (Fsp3) is 0.364. The molecule has 0 N–H and O–H groups in total. The molecule has 1 unspecified atom stereocenters. The maximum Gasteiger partial charge on any atom is 0.414 e. The number of hydrogen-bond acceptors (Lipinski definition) is 2. The lowest BCUT2D eigenvalue weighted by Crippen LogP contribution is -2.24. The second-order valence-corrected chi connectivity index (χ2v) is 4.39. The van der Waals surface area contributed by atoms with Crippen LogP contribution in [0.25, 0.3) is 0 Å². The van der Waals surface area contributed by atoms with E-state index in [0.717, 1.165) is 5.69 Å². The Labute approximate surface area is 104 Å². The first-order valence-corrected chi connectivity index (χ1v) is 5.91. The summed E-state index contributed by atoms with van der Waals surface area (Å²) in [6, 6.07) is 7.14. The molecule has 5 heteroatoms. The molecule has 0 spiro atoms. The zero-order valence-electron chi connectivity index (χ0n) is 8.53. The van der Waals surface area contributed by atoms with Gasteiger partial charge in [0.1, 0.15) is 6.10 Å². The average molecular weight is 260 g/mol. The molecule has 0 bridgehead atoms. The highest BCUT2D eigenvalue weighted by molar-refractivity contribution is 6.30. The number of ether oxygens (including phenoxy) is 1. The van der Waals surface area contributed by atoms with Crippen molar-refractivity contribution in [2.45, 2.75) is 12.5 Å². The lowest BCUT2D eigenvalue weighted by Gasteiger charge is -2.12. The van der Waals surface area contributed by atoms with Gasteiger partial charge in [-0.3, -0.25) is 4.90 Å². The molecule has 1 aliphatic rings. The second-order valence-electron chi connectivity index (χ2n) is 3.57. The van der Waals surface area contributed by atoms with Crippen LogP contribution in [0, 0.1) is 0 Å². The van der Waals surface area contributed by atoms with Crippen LogP contribution >= 0.6 is 23.2 Å². The summed E-state index contributed by atoms with van der Waals surface area (Å²) in [7, 11) is 0. The third-order valence-corrected chi connectivity index (χ3v) is 2.88. The maximum atomic E-state index is 11.6. The van der Waals surface area contributed by atoms with Crippen LogP contribution in [0.15, 0.2) is 24.3 Å². The van der Waals surface area contributed by atoms with Crippen LogP contribution in [-0.2, 0) is 4.74 Å². The molecule has 1 amide bonds. The van der Waals surface area contributed by atoms with Crippen LogP contribution in [0.4, 0.5) is 10.5 Å². The Morgan fingerprint density at radius 2 is 2.31 bits per heavy atom. The van der Waals surface area contributed by atoms with Gasteiger partial charge in [0.25, 0.3) is 0 Å². The summed E-state index contributed by atoms with van der Waals surface area (Å²) in [5, 5.41) is 0.603. The van der Waals surface area contributed by atoms with Crippen molar-refractivity contribution >= 4 is 35.0 Å². The lowest BCUT2D eigenvalue weighted by atomic mass is 10.2. The summed E-state index contributed by atoms with van der Waals surface area (Å²) in [5.74, 6) is 0.487. The number of carbonyl (C=O) groups excluding carboxylic acids is 1. The number of nitrogens with zero attached hydrogens (tertiary/aromatic N) is 1. The average Bonchev–Trinajstić information content (AvgIpc) is 2.60. The molecule has 16 heavy (non-hydrogen) atoms. The van der Waals surface area contributed by atoms with E-state index >= 15 is 0 Å². The molecule has 1 atom stereocenters.